The van der Waals surface area contributed by atoms with E-state index in [1.165, 1.54) is 5.57 Å². The monoisotopic (exact) mass is 812 g/mol. The van der Waals surface area contributed by atoms with Gasteiger partial charge in [0, 0.05) is 18.4 Å². The summed E-state index contributed by atoms with van der Waals surface area (Å²) in [4.78, 5) is 0. The molecule has 6 aliphatic rings. The Morgan fingerprint density at radius 3 is 1.93 bits per heavy atom. The van der Waals surface area contributed by atoms with Gasteiger partial charge < -0.3 is 69.6 Å². The standard InChI is InChI=1S/C43H72O14/c1-20(2)16-25(54-38-35(51)33(49)31(47)27(18-44)55-38)30(46)21(3)22-12-13-43(8)37-26(53-9)17-24-23(41(37,6)14-15-42(22,43)7)10-11-29(40(24,4)5)57-39-36(52)34(50)32(48)28(19-45)56-39/h16-17,21-23,25-39,44-52H,10-15,18-19H2,1-9H3/t21-,22-,23-,25-,26-,27+,28+,29-,30-,31+,32+,33+,34+,35+,36+,37+,38+,39-,41-,42+,43-/m0/s1. The van der Waals surface area contributed by atoms with E-state index in [9.17, 15) is 46.0 Å². The highest BCUT2D eigenvalue weighted by Gasteiger charge is 2.70. The van der Waals surface area contributed by atoms with Gasteiger partial charge in [0.2, 0.25) is 0 Å². The Kier molecular flexibility index (Phi) is 13.3. The van der Waals surface area contributed by atoms with Crippen molar-refractivity contribution in [1.82, 2.24) is 0 Å². The van der Waals surface area contributed by atoms with Crippen molar-refractivity contribution in [2.24, 2.45) is 45.3 Å². The van der Waals surface area contributed by atoms with Crippen molar-refractivity contribution >= 4 is 0 Å². The van der Waals surface area contributed by atoms with Gasteiger partial charge in [-0.1, -0.05) is 64.8 Å². The van der Waals surface area contributed by atoms with Crippen molar-refractivity contribution < 1.29 is 69.6 Å². The molecule has 0 aromatic carbocycles. The first-order chi connectivity index (χ1) is 26.6. The van der Waals surface area contributed by atoms with Gasteiger partial charge in [0.15, 0.2) is 12.6 Å². The zero-order chi connectivity index (χ0) is 42.2. The van der Waals surface area contributed by atoms with Gasteiger partial charge in [-0.2, -0.15) is 0 Å². The number of aliphatic hydroxyl groups excluding tert-OH is 9. The van der Waals surface area contributed by atoms with E-state index in [-0.39, 0.29) is 52.1 Å². The fourth-order valence-corrected chi connectivity index (χ4v) is 12.8. The summed E-state index contributed by atoms with van der Waals surface area (Å²) in [6.45, 7) is 16.3. The topological polar surface area (TPSA) is 228 Å². The molecule has 57 heavy (non-hydrogen) atoms. The first-order valence-electron chi connectivity index (χ1n) is 21.1. The maximum Gasteiger partial charge on any atom is 0.187 e. The lowest BCUT2D eigenvalue weighted by Gasteiger charge is -2.67. The minimum absolute atomic E-state index is 0.107. The molecule has 328 valence electrons. The van der Waals surface area contributed by atoms with Crippen molar-refractivity contribution in [1.29, 1.82) is 0 Å². The largest absolute Gasteiger partial charge is 0.394 e. The number of aliphatic hydroxyl groups is 9. The molecular weight excluding hydrogens is 740 g/mol. The summed E-state index contributed by atoms with van der Waals surface area (Å²) >= 11 is 0. The highest BCUT2D eigenvalue weighted by molar-refractivity contribution is 5.33. The number of fused-ring (bicyclic) bond motifs is 5. The van der Waals surface area contributed by atoms with Crippen LogP contribution in [0.4, 0.5) is 0 Å². The lowest BCUT2D eigenvalue weighted by atomic mass is 9.38. The summed E-state index contributed by atoms with van der Waals surface area (Å²) in [5.74, 6) is 0.261. The third-order valence-corrected chi connectivity index (χ3v) is 16.4. The van der Waals surface area contributed by atoms with E-state index in [1.807, 2.05) is 13.8 Å². The Balaban J connectivity index is 1.25. The van der Waals surface area contributed by atoms with Gasteiger partial charge in [-0.3, -0.25) is 0 Å². The molecule has 2 saturated heterocycles. The van der Waals surface area contributed by atoms with Crippen LogP contribution in [0.2, 0.25) is 0 Å². The third kappa shape index (κ3) is 7.43. The van der Waals surface area contributed by atoms with E-state index in [2.05, 4.69) is 47.6 Å². The van der Waals surface area contributed by atoms with Crippen molar-refractivity contribution in [2.45, 2.75) is 180 Å². The van der Waals surface area contributed by atoms with Crippen molar-refractivity contribution in [2.75, 3.05) is 20.3 Å². The summed E-state index contributed by atoms with van der Waals surface area (Å²) in [5, 5.41) is 94.9. The Labute approximate surface area is 337 Å². The molecule has 0 unspecified atom stereocenters. The first kappa shape index (κ1) is 45.4. The minimum atomic E-state index is -1.59. The van der Waals surface area contributed by atoms with Crippen LogP contribution in [0, 0.1) is 45.3 Å². The maximum atomic E-state index is 12.2. The molecule has 0 amide bonds. The molecule has 0 spiro atoms. The Bertz CT molecular complexity index is 1460. The average molecular weight is 813 g/mol. The first-order valence-corrected chi connectivity index (χ1v) is 21.1. The summed E-state index contributed by atoms with van der Waals surface area (Å²) in [7, 11) is 1.77. The molecule has 2 aliphatic heterocycles. The van der Waals surface area contributed by atoms with Crippen LogP contribution < -0.4 is 0 Å². The third-order valence-electron chi connectivity index (χ3n) is 16.4. The zero-order valence-corrected chi connectivity index (χ0v) is 35.3. The number of methoxy groups -OCH3 is 1. The predicted octanol–water partition coefficient (Wildman–Crippen LogP) is 1.55. The summed E-state index contributed by atoms with van der Waals surface area (Å²) in [6, 6.07) is 0. The lowest BCUT2D eigenvalue weighted by molar-refractivity contribution is -0.320. The second-order valence-corrected chi connectivity index (χ2v) is 19.9. The number of hydrogen-bond donors (Lipinski definition) is 9. The van der Waals surface area contributed by atoms with E-state index < -0.39 is 92.2 Å². The average Bonchev–Trinajstić information content (AvgIpc) is 3.44. The molecule has 0 aromatic heterocycles. The highest BCUT2D eigenvalue weighted by atomic mass is 16.7. The van der Waals surface area contributed by atoms with Crippen LogP contribution in [0.3, 0.4) is 0 Å². The molecule has 4 aliphatic carbocycles. The van der Waals surface area contributed by atoms with Crippen molar-refractivity contribution in [3.8, 4) is 0 Å². The molecule has 9 N–H and O–H groups in total. The van der Waals surface area contributed by atoms with Gasteiger partial charge in [-0.15, -0.1) is 0 Å². The van der Waals surface area contributed by atoms with E-state index in [0.717, 1.165) is 37.7 Å². The van der Waals surface area contributed by atoms with E-state index >= 15 is 0 Å². The van der Waals surface area contributed by atoms with Crippen LogP contribution in [0.25, 0.3) is 0 Å². The van der Waals surface area contributed by atoms with E-state index in [0.29, 0.717) is 6.42 Å². The predicted molar refractivity (Wildman–Crippen MR) is 207 cm³/mol. The quantitative estimate of drug-likeness (QED) is 0.135. The molecule has 5 fully saturated rings. The van der Waals surface area contributed by atoms with Crippen LogP contribution in [-0.4, -0.2) is 152 Å². The second kappa shape index (κ2) is 16.7. The number of rotatable bonds is 11. The van der Waals surface area contributed by atoms with Crippen LogP contribution in [0.15, 0.2) is 23.3 Å². The zero-order valence-electron chi connectivity index (χ0n) is 35.3. The molecule has 0 aromatic rings. The van der Waals surface area contributed by atoms with E-state index in [1.54, 1.807) is 13.2 Å². The lowest BCUT2D eigenvalue weighted by Crippen LogP contribution is -2.64. The van der Waals surface area contributed by atoms with Gasteiger partial charge in [0.25, 0.3) is 0 Å². The molecular formula is C43H72O14. The Morgan fingerprint density at radius 2 is 1.37 bits per heavy atom. The SMILES string of the molecule is CO[C@H]1C=C2[C@H](CC[C@H](O[C@@H]3O[C@H](CO)[C@@H](O)[C@@H](O)[C@H]3O)C2(C)C)[C@]2(C)CC[C@]3(C)[C@H]([C@H](C)[C@H](O)[C@H](C=C(C)C)O[C@@H]4O[C@H](CO)[C@@H](O)[C@@H](O)[C@H]4O)CC[C@@]3(C)[C@H]12. The van der Waals surface area contributed by atoms with Gasteiger partial charge in [-0.25, -0.2) is 0 Å². The van der Waals surface area contributed by atoms with Crippen LogP contribution in [-0.2, 0) is 23.7 Å². The van der Waals surface area contributed by atoms with Crippen LogP contribution in [0.5, 0.6) is 0 Å². The van der Waals surface area contributed by atoms with Gasteiger partial charge >= 0.3 is 0 Å². The van der Waals surface area contributed by atoms with E-state index in [4.69, 9.17) is 23.7 Å². The molecule has 0 radical (unpaired) electrons. The molecule has 21 atom stereocenters. The maximum absolute atomic E-state index is 12.2. The molecule has 2 heterocycles. The van der Waals surface area contributed by atoms with Crippen LogP contribution >= 0.6 is 0 Å². The summed E-state index contributed by atoms with van der Waals surface area (Å²) < 4.78 is 30.6. The molecule has 14 heteroatoms. The highest BCUT2D eigenvalue weighted by Crippen LogP contribution is 2.75. The normalized spacial score (nSPS) is 49.8. The van der Waals surface area contributed by atoms with Crippen LogP contribution in [0.1, 0.15) is 93.9 Å². The van der Waals surface area contributed by atoms with Gasteiger partial charge in [0.05, 0.1) is 31.5 Å². The summed E-state index contributed by atoms with van der Waals surface area (Å²) in [6.07, 6.45) is -7.08. The number of ether oxygens (including phenoxy) is 5. The minimum Gasteiger partial charge on any atom is -0.394 e. The number of hydrogen-bond acceptors (Lipinski definition) is 14. The fraction of sp³-hybridized carbons (Fsp3) is 0.907. The Morgan fingerprint density at radius 1 is 0.789 bits per heavy atom. The Hall–Kier alpha value is -1.08. The van der Waals surface area contributed by atoms with Crippen molar-refractivity contribution in [3.63, 3.8) is 0 Å². The molecule has 6 rings (SSSR count). The van der Waals surface area contributed by atoms with Gasteiger partial charge in [0.1, 0.15) is 54.9 Å². The van der Waals surface area contributed by atoms with Crippen molar-refractivity contribution in [3.05, 3.63) is 23.3 Å². The molecule has 3 saturated carbocycles. The molecule has 14 nitrogen and oxygen atoms in total. The summed E-state index contributed by atoms with van der Waals surface area (Å²) in [5.41, 5.74) is 1.16. The second-order valence-electron chi connectivity index (χ2n) is 19.9. The van der Waals surface area contributed by atoms with Gasteiger partial charge in [-0.05, 0) is 86.4 Å². The smallest absolute Gasteiger partial charge is 0.187 e. The fourth-order valence-electron chi connectivity index (χ4n) is 12.8. The number of allylic oxidation sites excluding steroid dienone is 1. The molecule has 0 bridgehead atoms.